The fourth-order valence-corrected chi connectivity index (χ4v) is 3.59. The molecule has 1 atom stereocenters. The number of fused-ring (bicyclic) bond motifs is 1. The molecule has 1 aromatic heterocycles. The number of rotatable bonds is 3. The summed E-state index contributed by atoms with van der Waals surface area (Å²) in [5, 5.41) is 11.4. The molecule has 8 heteroatoms. The second kappa shape index (κ2) is 8.71. The van der Waals surface area contributed by atoms with Crippen molar-refractivity contribution in [3.8, 4) is 0 Å². The first-order valence-electron chi connectivity index (χ1n) is 9.15. The van der Waals surface area contributed by atoms with Gasteiger partial charge in [0.1, 0.15) is 5.04 Å². The summed E-state index contributed by atoms with van der Waals surface area (Å²) in [7, 11) is 0. The van der Waals surface area contributed by atoms with Crippen molar-refractivity contribution in [3.63, 3.8) is 0 Å². The topological polar surface area (TPSA) is 117 Å². The second-order valence-corrected chi connectivity index (χ2v) is 7.42. The van der Waals surface area contributed by atoms with Crippen molar-refractivity contribution in [1.29, 1.82) is 5.41 Å². The van der Waals surface area contributed by atoms with E-state index in [1.807, 2.05) is 54.6 Å². The fraction of sp³-hybridized carbons (Fsp3) is 0.0455. The van der Waals surface area contributed by atoms with E-state index >= 15 is 0 Å². The molecule has 0 fully saturated rings. The Labute approximate surface area is 177 Å². The van der Waals surface area contributed by atoms with Crippen LogP contribution in [0.4, 0.5) is 5.69 Å². The average Bonchev–Trinajstić information content (AvgIpc) is 2.91. The molecule has 4 rings (SSSR count). The van der Waals surface area contributed by atoms with E-state index in [1.54, 1.807) is 24.5 Å². The van der Waals surface area contributed by atoms with Gasteiger partial charge in [0.25, 0.3) is 5.91 Å². The summed E-state index contributed by atoms with van der Waals surface area (Å²) in [6.07, 6.45) is 2.14. The van der Waals surface area contributed by atoms with E-state index in [9.17, 15) is 4.79 Å². The Kier molecular flexibility index (Phi) is 5.67. The molecule has 1 aliphatic heterocycles. The number of hydrogen-bond acceptors (Lipinski definition) is 6. The van der Waals surface area contributed by atoms with Crippen LogP contribution < -0.4 is 11.1 Å². The molecule has 148 valence electrons. The molecule has 0 bridgehead atoms. The van der Waals surface area contributed by atoms with Crippen LogP contribution in [0.5, 0.6) is 0 Å². The van der Waals surface area contributed by atoms with Gasteiger partial charge < -0.3 is 11.1 Å². The van der Waals surface area contributed by atoms with Crippen molar-refractivity contribution in [2.75, 3.05) is 5.32 Å². The fourth-order valence-electron chi connectivity index (χ4n) is 2.97. The van der Waals surface area contributed by atoms with Crippen LogP contribution in [-0.4, -0.2) is 33.0 Å². The van der Waals surface area contributed by atoms with Gasteiger partial charge in [-0.25, -0.2) is 9.98 Å². The summed E-state index contributed by atoms with van der Waals surface area (Å²) >= 11 is 0.970. The van der Waals surface area contributed by atoms with E-state index in [2.05, 4.69) is 20.3 Å². The Morgan fingerprint density at radius 2 is 1.73 bits per heavy atom. The van der Waals surface area contributed by atoms with Gasteiger partial charge in [-0.05, 0) is 30.0 Å². The summed E-state index contributed by atoms with van der Waals surface area (Å²) < 4.78 is 0. The van der Waals surface area contributed by atoms with Crippen LogP contribution in [-0.2, 0) is 4.79 Å². The van der Waals surface area contributed by atoms with Crippen molar-refractivity contribution in [2.45, 2.75) is 6.17 Å². The molecular weight excluding hydrogens is 396 g/mol. The normalized spacial score (nSPS) is 16.1. The maximum absolute atomic E-state index is 12.8. The van der Waals surface area contributed by atoms with Crippen LogP contribution in [0, 0.1) is 5.41 Å². The van der Waals surface area contributed by atoms with Crippen molar-refractivity contribution in [1.82, 2.24) is 4.98 Å². The van der Waals surface area contributed by atoms with Crippen LogP contribution in [0.1, 0.15) is 16.7 Å². The summed E-state index contributed by atoms with van der Waals surface area (Å²) in [6.45, 7) is 0. The number of amidine groups is 1. The van der Waals surface area contributed by atoms with E-state index in [0.717, 1.165) is 22.9 Å². The van der Waals surface area contributed by atoms with Crippen LogP contribution in [0.15, 0.2) is 89.1 Å². The number of hydrogen-bond donors (Lipinski definition) is 3. The minimum absolute atomic E-state index is 0.0825. The van der Waals surface area contributed by atoms with Gasteiger partial charge in [0.15, 0.2) is 5.17 Å². The summed E-state index contributed by atoms with van der Waals surface area (Å²) in [5.41, 5.74) is 9.72. The minimum atomic E-state index is -1.06. The number of aliphatic imine (C=N–C) groups is 2. The number of nitrogens with one attached hydrogen (secondary N) is 2. The number of pyridine rings is 1. The highest BCUT2D eigenvalue weighted by molar-refractivity contribution is 8.26. The van der Waals surface area contributed by atoms with E-state index in [0.29, 0.717) is 17.0 Å². The lowest BCUT2D eigenvalue weighted by molar-refractivity contribution is -0.117. The number of anilines is 1. The lowest BCUT2D eigenvalue weighted by atomic mass is 10.0. The Morgan fingerprint density at radius 3 is 2.50 bits per heavy atom. The number of carbonyl (C=O) groups is 1. The molecule has 0 aliphatic carbocycles. The van der Waals surface area contributed by atoms with Gasteiger partial charge in [0.05, 0.1) is 11.4 Å². The summed E-state index contributed by atoms with van der Waals surface area (Å²) in [4.78, 5) is 25.7. The van der Waals surface area contributed by atoms with Crippen molar-refractivity contribution < 1.29 is 4.79 Å². The van der Waals surface area contributed by atoms with Gasteiger partial charge in [-0.1, -0.05) is 48.5 Å². The number of amides is 1. The van der Waals surface area contributed by atoms with Gasteiger partial charge in [-0.15, -0.1) is 0 Å². The molecule has 1 amide bonds. The standard InChI is InChI=1S/C22H18N6OS/c23-19(15-10-12-25-13-11-15)30-22(24)28-20-21(29)26-17-9-5-4-8-16(17)18(27-20)14-6-2-1-3-7-14/h1-13,20,23H,(H2,24,28)(H,26,29). The first kappa shape index (κ1) is 19.5. The third-order valence-corrected chi connectivity index (χ3v) is 5.13. The zero-order chi connectivity index (χ0) is 20.9. The Balaban J connectivity index is 1.68. The summed E-state index contributed by atoms with van der Waals surface area (Å²) in [6, 6.07) is 20.5. The highest BCUT2D eigenvalue weighted by atomic mass is 32.2. The van der Waals surface area contributed by atoms with Crippen molar-refractivity contribution in [3.05, 3.63) is 95.8 Å². The number of carbonyl (C=O) groups excluding carboxylic acids is 1. The van der Waals surface area contributed by atoms with Gasteiger partial charge in [-0.3, -0.25) is 15.2 Å². The lowest BCUT2D eigenvalue weighted by Gasteiger charge is -2.09. The largest absolute Gasteiger partial charge is 0.378 e. The molecule has 30 heavy (non-hydrogen) atoms. The molecule has 0 spiro atoms. The Bertz CT molecular complexity index is 1140. The lowest BCUT2D eigenvalue weighted by Crippen LogP contribution is -2.26. The number of benzene rings is 2. The van der Waals surface area contributed by atoms with Crippen molar-refractivity contribution in [2.24, 2.45) is 15.7 Å². The first-order valence-corrected chi connectivity index (χ1v) is 9.97. The van der Waals surface area contributed by atoms with Gasteiger partial charge in [0, 0.05) is 29.1 Å². The Morgan fingerprint density at radius 1 is 1.03 bits per heavy atom. The van der Waals surface area contributed by atoms with Gasteiger partial charge in [0.2, 0.25) is 6.17 Å². The number of aromatic nitrogens is 1. The predicted octanol–water partition coefficient (Wildman–Crippen LogP) is 3.27. The van der Waals surface area contributed by atoms with E-state index in [-0.39, 0.29) is 16.1 Å². The smallest absolute Gasteiger partial charge is 0.271 e. The molecule has 4 N–H and O–H groups in total. The van der Waals surface area contributed by atoms with Crippen molar-refractivity contribution >= 4 is 39.3 Å². The minimum Gasteiger partial charge on any atom is -0.378 e. The quantitative estimate of drug-likeness (QED) is 0.450. The first-order chi connectivity index (χ1) is 14.6. The zero-order valence-corrected chi connectivity index (χ0v) is 16.6. The third kappa shape index (κ3) is 4.28. The highest BCUT2D eigenvalue weighted by Gasteiger charge is 2.25. The SMILES string of the molecule is N=C(S/C(N)=N/C1N=C(c2ccccc2)c2ccccc2NC1=O)c1ccncc1. The molecule has 1 aliphatic rings. The van der Waals surface area contributed by atoms with Gasteiger partial charge >= 0.3 is 0 Å². The van der Waals surface area contributed by atoms with Crippen LogP contribution in [0.2, 0.25) is 0 Å². The van der Waals surface area contributed by atoms with E-state index in [4.69, 9.17) is 11.1 Å². The molecular formula is C22H18N6OS. The Hall–Kier alpha value is -3.78. The molecule has 0 saturated carbocycles. The molecule has 2 heterocycles. The number of thioether (sulfide) groups is 1. The number of nitrogens with two attached hydrogens (primary N) is 1. The molecule has 0 saturated heterocycles. The van der Waals surface area contributed by atoms with E-state index < -0.39 is 6.17 Å². The maximum atomic E-state index is 12.8. The number of nitrogens with zero attached hydrogens (tertiary/aromatic N) is 3. The molecule has 3 aromatic rings. The zero-order valence-electron chi connectivity index (χ0n) is 15.8. The maximum Gasteiger partial charge on any atom is 0.271 e. The monoisotopic (exact) mass is 414 g/mol. The van der Waals surface area contributed by atoms with Crippen LogP contribution in [0.3, 0.4) is 0 Å². The highest BCUT2D eigenvalue weighted by Crippen LogP contribution is 2.24. The predicted molar refractivity (Wildman–Crippen MR) is 121 cm³/mol. The molecule has 0 radical (unpaired) electrons. The van der Waals surface area contributed by atoms with Gasteiger partial charge in [-0.2, -0.15) is 0 Å². The third-order valence-electron chi connectivity index (χ3n) is 4.37. The van der Waals surface area contributed by atoms with E-state index in [1.165, 1.54) is 0 Å². The molecule has 2 aromatic carbocycles. The molecule has 1 unspecified atom stereocenters. The number of para-hydroxylation sites is 1. The van der Waals surface area contributed by atoms with Crippen LogP contribution >= 0.6 is 11.8 Å². The molecule has 7 nitrogen and oxygen atoms in total. The van der Waals surface area contributed by atoms with Crippen LogP contribution in [0.25, 0.3) is 0 Å². The number of benzodiazepines with no additional fused rings is 1. The summed E-state index contributed by atoms with van der Waals surface area (Å²) in [5.74, 6) is -0.382. The average molecular weight is 414 g/mol. The second-order valence-electron chi connectivity index (χ2n) is 6.39.